The molecule has 3 nitrogen and oxygen atoms in total. The first kappa shape index (κ1) is 11.6. The van der Waals surface area contributed by atoms with Crippen LogP contribution in [0.25, 0.3) is 10.2 Å². The van der Waals surface area contributed by atoms with E-state index >= 15 is 0 Å². The Morgan fingerprint density at radius 1 is 1.28 bits per heavy atom. The molecule has 0 spiro atoms. The predicted molar refractivity (Wildman–Crippen MR) is 79.6 cm³/mol. The first-order valence-electron chi connectivity index (χ1n) is 5.47. The van der Waals surface area contributed by atoms with E-state index in [9.17, 15) is 0 Å². The largest absolute Gasteiger partial charge is 0.330 e. The van der Waals surface area contributed by atoms with Crippen LogP contribution in [0.5, 0.6) is 0 Å². The molecule has 0 atom stereocenters. The maximum Gasteiger partial charge on any atom is 0.188 e. The van der Waals surface area contributed by atoms with Crippen molar-refractivity contribution in [3.8, 4) is 0 Å². The number of hydrogen-bond acceptors (Lipinski definition) is 4. The molecule has 0 fully saturated rings. The molecule has 0 radical (unpaired) electrons. The lowest BCUT2D eigenvalue weighted by molar-refractivity contribution is 1.20. The average molecular weight is 320 g/mol. The van der Waals surface area contributed by atoms with Gasteiger partial charge in [0, 0.05) is 10.7 Å². The van der Waals surface area contributed by atoms with Crippen molar-refractivity contribution in [1.82, 2.24) is 9.97 Å². The zero-order valence-electron chi connectivity index (χ0n) is 9.64. The molecule has 1 aromatic carbocycles. The number of pyridine rings is 1. The third-order valence-corrected chi connectivity index (χ3v) is 4.03. The van der Waals surface area contributed by atoms with E-state index < -0.39 is 0 Å². The second-order valence-electron chi connectivity index (χ2n) is 3.89. The van der Waals surface area contributed by atoms with Crippen LogP contribution in [-0.2, 0) is 0 Å². The topological polar surface area (TPSA) is 37.8 Å². The van der Waals surface area contributed by atoms with Crippen molar-refractivity contribution >= 4 is 48.3 Å². The lowest BCUT2D eigenvalue weighted by atomic mass is 10.3. The van der Waals surface area contributed by atoms with E-state index in [1.807, 2.05) is 31.2 Å². The van der Waals surface area contributed by atoms with Gasteiger partial charge >= 0.3 is 0 Å². The molecule has 3 rings (SSSR count). The minimum atomic E-state index is 0.888. The Hall–Kier alpha value is -1.46. The number of nitrogens with one attached hydrogen (secondary N) is 1. The van der Waals surface area contributed by atoms with Gasteiger partial charge in [-0.25, -0.2) is 4.98 Å². The fourth-order valence-corrected chi connectivity index (χ4v) is 3.11. The first-order chi connectivity index (χ1) is 8.72. The van der Waals surface area contributed by atoms with Crippen molar-refractivity contribution in [2.75, 3.05) is 5.32 Å². The Morgan fingerprint density at radius 2 is 2.17 bits per heavy atom. The maximum absolute atomic E-state index is 4.55. The van der Waals surface area contributed by atoms with Gasteiger partial charge < -0.3 is 5.32 Å². The molecule has 2 heterocycles. The highest BCUT2D eigenvalue weighted by Gasteiger charge is 2.05. The van der Waals surface area contributed by atoms with Crippen LogP contribution < -0.4 is 5.32 Å². The number of thiazole rings is 1. The summed E-state index contributed by atoms with van der Waals surface area (Å²) in [5.74, 6) is 0. The second kappa shape index (κ2) is 4.66. The van der Waals surface area contributed by atoms with Crippen LogP contribution in [0.4, 0.5) is 10.8 Å². The van der Waals surface area contributed by atoms with Crippen LogP contribution in [0.15, 0.2) is 41.0 Å². The summed E-state index contributed by atoms with van der Waals surface area (Å²) in [6.45, 7) is 1.98. The Labute approximate surface area is 117 Å². The summed E-state index contributed by atoms with van der Waals surface area (Å²) in [5, 5.41) is 4.20. The quantitative estimate of drug-likeness (QED) is 0.755. The zero-order chi connectivity index (χ0) is 12.5. The van der Waals surface area contributed by atoms with Crippen LogP contribution in [0, 0.1) is 6.92 Å². The molecule has 0 aliphatic rings. The number of rotatable bonds is 2. The highest BCUT2D eigenvalue weighted by atomic mass is 79.9. The van der Waals surface area contributed by atoms with Crippen molar-refractivity contribution in [3.05, 3.63) is 46.7 Å². The Kier molecular flexibility index (Phi) is 3.01. The average Bonchev–Trinajstić information content (AvgIpc) is 2.73. The second-order valence-corrected chi connectivity index (χ2v) is 5.84. The molecule has 0 amide bonds. The monoisotopic (exact) mass is 319 g/mol. The number of hydrogen-bond donors (Lipinski definition) is 1. The van der Waals surface area contributed by atoms with Crippen molar-refractivity contribution in [3.63, 3.8) is 0 Å². The molecule has 1 N–H and O–H groups in total. The van der Waals surface area contributed by atoms with Crippen LogP contribution in [0.1, 0.15) is 5.69 Å². The van der Waals surface area contributed by atoms with Gasteiger partial charge in [0.2, 0.25) is 0 Å². The van der Waals surface area contributed by atoms with E-state index in [-0.39, 0.29) is 0 Å². The number of nitrogens with zero attached hydrogens (tertiary/aromatic N) is 2. The van der Waals surface area contributed by atoms with E-state index in [0.717, 1.165) is 31.2 Å². The van der Waals surface area contributed by atoms with E-state index in [1.165, 1.54) is 0 Å². The van der Waals surface area contributed by atoms with Crippen molar-refractivity contribution in [1.29, 1.82) is 0 Å². The highest BCUT2D eigenvalue weighted by Crippen LogP contribution is 2.30. The van der Waals surface area contributed by atoms with Crippen LogP contribution >= 0.6 is 27.3 Å². The SMILES string of the molecule is Cc1ncccc1Nc1nc2ccc(Br)cc2s1. The molecular formula is C13H10BrN3S. The van der Waals surface area contributed by atoms with Crippen molar-refractivity contribution in [2.45, 2.75) is 6.92 Å². The molecule has 3 aromatic rings. The van der Waals surface area contributed by atoms with Crippen LogP contribution in [0.2, 0.25) is 0 Å². The molecule has 5 heteroatoms. The van der Waals surface area contributed by atoms with Gasteiger partial charge in [-0.2, -0.15) is 0 Å². The summed E-state index contributed by atoms with van der Waals surface area (Å²) in [7, 11) is 0. The van der Waals surface area contributed by atoms with Gasteiger partial charge in [-0.05, 0) is 37.3 Å². The van der Waals surface area contributed by atoms with E-state index in [2.05, 4.69) is 37.3 Å². The number of fused-ring (bicyclic) bond motifs is 1. The molecule has 0 aliphatic carbocycles. The maximum atomic E-state index is 4.55. The zero-order valence-corrected chi connectivity index (χ0v) is 12.0. The normalized spacial score (nSPS) is 10.8. The standard InChI is InChI=1S/C13H10BrN3S/c1-8-10(3-2-6-15-8)16-13-17-11-5-4-9(14)7-12(11)18-13/h2-7H,1H3,(H,16,17). The summed E-state index contributed by atoms with van der Waals surface area (Å²) in [4.78, 5) is 8.80. The van der Waals surface area contributed by atoms with Crippen molar-refractivity contribution < 1.29 is 0 Å². The van der Waals surface area contributed by atoms with Gasteiger partial charge in [0.05, 0.1) is 21.6 Å². The number of aromatic nitrogens is 2. The molecule has 0 bridgehead atoms. The highest BCUT2D eigenvalue weighted by molar-refractivity contribution is 9.10. The smallest absolute Gasteiger partial charge is 0.188 e. The van der Waals surface area contributed by atoms with Gasteiger partial charge in [0.25, 0.3) is 0 Å². The summed E-state index contributed by atoms with van der Waals surface area (Å²) in [6, 6.07) is 10.0. The molecule has 90 valence electrons. The number of aryl methyl sites for hydroxylation is 1. The van der Waals surface area contributed by atoms with Gasteiger partial charge in [-0.3, -0.25) is 4.98 Å². The lowest BCUT2D eigenvalue weighted by Crippen LogP contribution is -1.93. The van der Waals surface area contributed by atoms with Crippen molar-refractivity contribution in [2.24, 2.45) is 0 Å². The summed E-state index contributed by atoms with van der Waals surface area (Å²) in [5.41, 5.74) is 2.97. The Bertz CT molecular complexity index is 708. The number of benzene rings is 1. The first-order valence-corrected chi connectivity index (χ1v) is 7.08. The van der Waals surface area contributed by atoms with Gasteiger partial charge in [0.15, 0.2) is 5.13 Å². The number of anilines is 2. The minimum absolute atomic E-state index is 0.888. The fourth-order valence-electron chi connectivity index (χ4n) is 1.68. The molecular weight excluding hydrogens is 310 g/mol. The van der Waals surface area contributed by atoms with E-state index in [0.29, 0.717) is 0 Å². The summed E-state index contributed by atoms with van der Waals surface area (Å²) >= 11 is 5.10. The molecule has 0 saturated carbocycles. The molecule has 0 aliphatic heterocycles. The van der Waals surface area contributed by atoms with Gasteiger partial charge in [-0.15, -0.1) is 0 Å². The lowest BCUT2D eigenvalue weighted by Gasteiger charge is -2.04. The predicted octanol–water partition coefficient (Wildman–Crippen LogP) is 4.51. The summed E-state index contributed by atoms with van der Waals surface area (Å²) in [6.07, 6.45) is 1.79. The molecule has 2 aromatic heterocycles. The Morgan fingerprint density at radius 3 is 3.00 bits per heavy atom. The van der Waals surface area contributed by atoms with Crippen LogP contribution in [-0.4, -0.2) is 9.97 Å². The third kappa shape index (κ3) is 2.23. The Balaban J connectivity index is 1.98. The van der Waals surface area contributed by atoms with E-state index in [1.54, 1.807) is 17.5 Å². The molecule has 18 heavy (non-hydrogen) atoms. The minimum Gasteiger partial charge on any atom is -0.330 e. The number of halogens is 1. The fraction of sp³-hybridized carbons (Fsp3) is 0.0769. The summed E-state index contributed by atoms with van der Waals surface area (Å²) < 4.78 is 2.23. The van der Waals surface area contributed by atoms with Gasteiger partial charge in [-0.1, -0.05) is 27.3 Å². The molecule has 0 saturated heterocycles. The van der Waals surface area contributed by atoms with Gasteiger partial charge in [0.1, 0.15) is 0 Å². The van der Waals surface area contributed by atoms with Crippen LogP contribution in [0.3, 0.4) is 0 Å². The van der Waals surface area contributed by atoms with E-state index in [4.69, 9.17) is 0 Å². The molecule has 0 unspecified atom stereocenters. The third-order valence-electron chi connectivity index (χ3n) is 2.60.